The summed E-state index contributed by atoms with van der Waals surface area (Å²) in [4.78, 5) is 38.3. The zero-order chi connectivity index (χ0) is 59.2. The van der Waals surface area contributed by atoms with Gasteiger partial charge in [-0.15, -0.1) is 0 Å². The van der Waals surface area contributed by atoms with Gasteiger partial charge in [-0.1, -0.05) is 287 Å². The maximum Gasteiger partial charge on any atom is 0.306 e. The lowest BCUT2D eigenvalue weighted by molar-refractivity contribution is -0.167. The molecule has 1 atom stereocenters. The van der Waals surface area contributed by atoms with E-state index < -0.39 is 6.10 Å². The van der Waals surface area contributed by atoms with Gasteiger partial charge in [-0.2, -0.15) is 0 Å². The fraction of sp³-hybridized carbons (Fsp3) is 0.592. The normalized spacial score (nSPS) is 13.3. The van der Waals surface area contributed by atoms with Gasteiger partial charge >= 0.3 is 17.9 Å². The molecule has 460 valence electrons. The van der Waals surface area contributed by atoms with E-state index in [0.717, 1.165) is 154 Å². The van der Waals surface area contributed by atoms with Crippen LogP contribution < -0.4 is 0 Å². The lowest BCUT2D eigenvalue weighted by atomic mass is 10.1. The van der Waals surface area contributed by atoms with Gasteiger partial charge in [0.15, 0.2) is 6.10 Å². The molecule has 6 nitrogen and oxygen atoms in total. The standard InChI is InChI=1S/C76H120O6/c1-4-7-10-13-16-19-22-24-26-28-30-32-34-36-37-38-39-41-42-44-46-48-50-52-54-57-60-63-66-69-75(78)81-72-73(71-80-74(77)68-65-62-59-56-21-18-15-12-9-6-3)82-76(79)70-67-64-61-58-55-53-51-49-47-45-43-40-35-33-31-29-27-25-23-20-17-14-11-8-5-2/h7-8,10-11,16-17,19-20,24-27,30-33,36-37,39-41,43-44,46-47,49,53,55,73H,4-6,9,12-15,18,21-23,28-29,34-35,38,42,45,48,50-52,54,56-72H2,1-3H3/b10-7-,11-8-,19-16-,20-17-,26-24-,27-25-,32-30-,33-31-,37-36-,41-39-,43-40-,46-44-,49-47-,55-53-. The Bertz CT molecular complexity index is 1870. The smallest absolute Gasteiger partial charge is 0.306 e. The summed E-state index contributed by atoms with van der Waals surface area (Å²) in [6.45, 7) is 6.36. The molecule has 0 amide bonds. The molecule has 0 aliphatic heterocycles. The summed E-state index contributed by atoms with van der Waals surface area (Å²) >= 11 is 0. The van der Waals surface area contributed by atoms with Gasteiger partial charge in [-0.3, -0.25) is 14.4 Å². The molecular weight excluding hydrogens is 1010 g/mol. The van der Waals surface area contributed by atoms with Crippen LogP contribution in [0.5, 0.6) is 0 Å². The van der Waals surface area contributed by atoms with Crippen LogP contribution in [0.1, 0.15) is 271 Å². The SMILES string of the molecule is CC/C=C\C/C=C\C/C=C\C/C=C\C/C=C\C/C=C\C/C=C\CCCCCCCCCC(=O)OCC(COC(=O)CCCCCCCCCCCC)OC(=O)CCCCC/C=C\C/C=C\C/C=C\C/C=C\C/C=C\C/C=C\C/C=C\CC. The van der Waals surface area contributed by atoms with Gasteiger partial charge < -0.3 is 14.2 Å². The molecule has 0 bridgehead atoms. The molecule has 1 unspecified atom stereocenters. The zero-order valence-corrected chi connectivity index (χ0v) is 52.7. The summed E-state index contributed by atoms with van der Waals surface area (Å²) in [7, 11) is 0. The first-order valence-electron chi connectivity index (χ1n) is 33.1. The zero-order valence-electron chi connectivity index (χ0n) is 52.7. The molecule has 0 radical (unpaired) electrons. The average Bonchev–Trinajstić information content (AvgIpc) is 3.48. The van der Waals surface area contributed by atoms with E-state index in [2.05, 4.69) is 191 Å². The Hall–Kier alpha value is -5.23. The third kappa shape index (κ3) is 65.6. The lowest BCUT2D eigenvalue weighted by Crippen LogP contribution is -2.30. The van der Waals surface area contributed by atoms with Crippen LogP contribution >= 0.6 is 0 Å². The highest BCUT2D eigenvalue weighted by Crippen LogP contribution is 2.14. The van der Waals surface area contributed by atoms with E-state index >= 15 is 0 Å². The number of esters is 3. The van der Waals surface area contributed by atoms with E-state index in [1.807, 2.05) is 0 Å². The highest BCUT2D eigenvalue weighted by atomic mass is 16.6. The topological polar surface area (TPSA) is 78.9 Å². The lowest BCUT2D eigenvalue weighted by Gasteiger charge is -2.18. The molecule has 0 saturated heterocycles. The molecule has 0 aromatic rings. The van der Waals surface area contributed by atoms with E-state index in [4.69, 9.17) is 14.2 Å². The molecule has 82 heavy (non-hydrogen) atoms. The van der Waals surface area contributed by atoms with E-state index in [-0.39, 0.29) is 37.5 Å². The van der Waals surface area contributed by atoms with Crippen LogP contribution in [0.4, 0.5) is 0 Å². The van der Waals surface area contributed by atoms with Crippen molar-refractivity contribution in [1.82, 2.24) is 0 Å². The highest BCUT2D eigenvalue weighted by Gasteiger charge is 2.19. The van der Waals surface area contributed by atoms with Gasteiger partial charge in [0.25, 0.3) is 0 Å². The van der Waals surface area contributed by atoms with Gasteiger partial charge in [-0.25, -0.2) is 0 Å². The second-order valence-corrected chi connectivity index (χ2v) is 21.3. The number of carbonyl (C=O) groups is 3. The Labute approximate surface area is 504 Å². The van der Waals surface area contributed by atoms with Crippen molar-refractivity contribution >= 4 is 17.9 Å². The van der Waals surface area contributed by atoms with Crippen LogP contribution in [-0.2, 0) is 28.6 Å². The first kappa shape index (κ1) is 76.8. The van der Waals surface area contributed by atoms with Gasteiger partial charge in [0, 0.05) is 19.3 Å². The maximum absolute atomic E-state index is 12.9. The summed E-state index contributed by atoms with van der Waals surface area (Å²) < 4.78 is 16.9. The van der Waals surface area contributed by atoms with Crippen molar-refractivity contribution in [3.05, 3.63) is 170 Å². The number of ether oxygens (including phenoxy) is 3. The molecule has 0 aliphatic rings. The van der Waals surface area contributed by atoms with Crippen molar-refractivity contribution < 1.29 is 28.6 Å². The van der Waals surface area contributed by atoms with Gasteiger partial charge in [-0.05, 0) is 135 Å². The average molecular weight is 1130 g/mol. The first-order valence-corrected chi connectivity index (χ1v) is 33.1. The van der Waals surface area contributed by atoms with E-state index in [9.17, 15) is 14.4 Å². The Morgan fingerprint density at radius 1 is 0.256 bits per heavy atom. The first-order chi connectivity index (χ1) is 40.5. The molecule has 0 N–H and O–H groups in total. The highest BCUT2D eigenvalue weighted by molar-refractivity contribution is 5.71. The molecule has 0 aromatic carbocycles. The molecule has 0 rings (SSSR count). The summed E-state index contributed by atoms with van der Waals surface area (Å²) in [5.41, 5.74) is 0. The number of carbonyl (C=O) groups excluding carboxylic acids is 3. The van der Waals surface area contributed by atoms with Crippen LogP contribution in [0.15, 0.2) is 170 Å². The number of rotatable bonds is 58. The molecule has 0 aromatic heterocycles. The summed E-state index contributed by atoms with van der Waals surface area (Å²) in [6.07, 6.45) is 101. The second kappa shape index (κ2) is 68.3. The number of hydrogen-bond acceptors (Lipinski definition) is 6. The van der Waals surface area contributed by atoms with Gasteiger partial charge in [0.05, 0.1) is 0 Å². The number of unbranched alkanes of at least 4 members (excludes halogenated alkanes) is 19. The minimum atomic E-state index is -0.809. The number of hydrogen-bond donors (Lipinski definition) is 0. The van der Waals surface area contributed by atoms with Crippen molar-refractivity contribution in [1.29, 1.82) is 0 Å². The molecule has 6 heteroatoms. The second-order valence-electron chi connectivity index (χ2n) is 21.3. The van der Waals surface area contributed by atoms with Crippen molar-refractivity contribution in [2.75, 3.05) is 13.2 Å². The van der Waals surface area contributed by atoms with Crippen LogP contribution in [0.2, 0.25) is 0 Å². The predicted octanol–water partition coefficient (Wildman–Crippen LogP) is 23.0. The van der Waals surface area contributed by atoms with Crippen molar-refractivity contribution in [3.8, 4) is 0 Å². The van der Waals surface area contributed by atoms with Crippen molar-refractivity contribution in [2.45, 2.75) is 277 Å². The van der Waals surface area contributed by atoms with Gasteiger partial charge in [0.2, 0.25) is 0 Å². The monoisotopic (exact) mass is 1130 g/mol. The Morgan fingerprint density at radius 3 is 0.756 bits per heavy atom. The maximum atomic E-state index is 12.9. The Morgan fingerprint density at radius 2 is 0.476 bits per heavy atom. The largest absolute Gasteiger partial charge is 0.462 e. The van der Waals surface area contributed by atoms with Crippen LogP contribution in [0, 0.1) is 0 Å². The molecule has 0 aliphatic carbocycles. The summed E-state index contributed by atoms with van der Waals surface area (Å²) in [6, 6.07) is 0. The minimum absolute atomic E-state index is 0.101. The third-order valence-corrected chi connectivity index (χ3v) is 13.5. The fourth-order valence-electron chi connectivity index (χ4n) is 8.58. The van der Waals surface area contributed by atoms with E-state index in [0.29, 0.717) is 19.3 Å². The quantitative estimate of drug-likeness (QED) is 0.0261. The third-order valence-electron chi connectivity index (χ3n) is 13.5. The molecule has 0 heterocycles. The number of allylic oxidation sites excluding steroid dienone is 28. The van der Waals surface area contributed by atoms with Crippen LogP contribution in [-0.4, -0.2) is 37.2 Å². The van der Waals surface area contributed by atoms with Crippen LogP contribution in [0.25, 0.3) is 0 Å². The Balaban J connectivity index is 4.38. The Kier molecular flexibility index (Phi) is 63.9. The van der Waals surface area contributed by atoms with Crippen molar-refractivity contribution in [2.24, 2.45) is 0 Å². The molecule has 0 fully saturated rings. The van der Waals surface area contributed by atoms with Crippen LogP contribution in [0.3, 0.4) is 0 Å². The molecular formula is C76H120O6. The summed E-state index contributed by atoms with van der Waals surface area (Å²) in [5, 5.41) is 0. The molecule has 0 spiro atoms. The molecule has 0 saturated carbocycles. The fourth-order valence-corrected chi connectivity index (χ4v) is 8.58. The van der Waals surface area contributed by atoms with E-state index in [1.165, 1.54) is 70.6 Å². The van der Waals surface area contributed by atoms with Gasteiger partial charge in [0.1, 0.15) is 13.2 Å². The predicted molar refractivity (Wildman–Crippen MR) is 357 cm³/mol. The van der Waals surface area contributed by atoms with E-state index in [1.54, 1.807) is 0 Å². The minimum Gasteiger partial charge on any atom is -0.462 e. The summed E-state index contributed by atoms with van der Waals surface area (Å²) in [5.74, 6) is -0.951. The van der Waals surface area contributed by atoms with Crippen molar-refractivity contribution in [3.63, 3.8) is 0 Å².